The molecule has 2 aromatic rings. The molecule has 0 aliphatic carbocycles. The number of carbonyl (C=O) groups is 3. The van der Waals surface area contributed by atoms with E-state index in [-0.39, 0.29) is 11.7 Å². The van der Waals surface area contributed by atoms with E-state index in [0.717, 1.165) is 37.7 Å². The van der Waals surface area contributed by atoms with Crippen LogP contribution < -0.4 is 10.6 Å². The number of carbonyl (C=O) groups excluding carboxylic acids is 3. The predicted octanol–water partition coefficient (Wildman–Crippen LogP) is 7.22. The van der Waals surface area contributed by atoms with E-state index in [1.54, 1.807) is 49.6 Å². The first kappa shape index (κ1) is 35.0. The van der Waals surface area contributed by atoms with Crippen molar-refractivity contribution in [2.45, 2.75) is 97.2 Å². The Labute approximate surface area is 256 Å². The van der Waals surface area contributed by atoms with Crippen LogP contribution in [-0.4, -0.2) is 58.1 Å². The van der Waals surface area contributed by atoms with Crippen molar-refractivity contribution in [3.8, 4) is 5.75 Å². The van der Waals surface area contributed by atoms with Crippen molar-refractivity contribution in [1.29, 1.82) is 0 Å². The molecule has 0 aliphatic rings. The third-order valence-electron chi connectivity index (χ3n) is 6.78. The minimum atomic E-state index is -1.03. The molecule has 2 aromatic carbocycles. The van der Waals surface area contributed by atoms with Gasteiger partial charge in [-0.15, -0.1) is 0 Å². The van der Waals surface area contributed by atoms with Crippen molar-refractivity contribution in [3.63, 3.8) is 0 Å². The number of amides is 3. The van der Waals surface area contributed by atoms with Crippen LogP contribution in [0.1, 0.15) is 89.8 Å². The van der Waals surface area contributed by atoms with Crippen LogP contribution >= 0.6 is 11.8 Å². The number of nitrogens with zero attached hydrogens (tertiary/aromatic N) is 1. The van der Waals surface area contributed by atoms with Gasteiger partial charge in [0.15, 0.2) is 0 Å². The van der Waals surface area contributed by atoms with E-state index in [9.17, 15) is 19.5 Å². The van der Waals surface area contributed by atoms with Crippen LogP contribution in [0.25, 0.3) is 0 Å². The number of thioether (sulfide) groups is 1. The van der Waals surface area contributed by atoms with Crippen LogP contribution in [0.4, 0.5) is 10.5 Å². The number of rotatable bonds is 16. The van der Waals surface area contributed by atoms with Gasteiger partial charge in [0, 0.05) is 12.2 Å². The molecular weight excluding hydrogens is 550 g/mol. The standard InChI is InChI=1S/C33H49N3O5S/c1-7-8-9-10-11-14-21-36(31(39)28(20-22-42-6)35-32(40)41-33(3,4)5)29(25-17-15-18-26(37)23-25)30(38)34-27-19-13-12-16-24(27)2/h12-13,15-19,23,28-29,37H,7-11,14,20-22H2,1-6H3,(H,34,38)(H,35,40). The van der Waals surface area contributed by atoms with Gasteiger partial charge in [-0.25, -0.2) is 4.79 Å². The summed E-state index contributed by atoms with van der Waals surface area (Å²) in [7, 11) is 0. The van der Waals surface area contributed by atoms with Crippen molar-refractivity contribution in [2.75, 3.05) is 23.9 Å². The Morgan fingerprint density at radius 1 is 1.00 bits per heavy atom. The molecule has 232 valence electrons. The number of aromatic hydroxyl groups is 1. The average Bonchev–Trinajstić information content (AvgIpc) is 2.92. The van der Waals surface area contributed by atoms with Crippen molar-refractivity contribution in [2.24, 2.45) is 0 Å². The summed E-state index contributed by atoms with van der Waals surface area (Å²) in [5.74, 6) is -0.130. The van der Waals surface area contributed by atoms with Crippen LogP contribution in [0, 0.1) is 6.92 Å². The second-order valence-corrected chi connectivity index (χ2v) is 12.6. The molecule has 3 N–H and O–H groups in total. The molecule has 3 amide bonds. The molecule has 0 heterocycles. The number of phenols is 1. The summed E-state index contributed by atoms with van der Waals surface area (Å²) in [6.45, 7) is 9.69. The fourth-order valence-corrected chi connectivity index (χ4v) is 5.13. The molecule has 2 atom stereocenters. The zero-order valence-electron chi connectivity index (χ0n) is 26.1. The second kappa shape index (κ2) is 17.7. The molecule has 8 nitrogen and oxygen atoms in total. The minimum absolute atomic E-state index is 0.000954. The molecule has 0 spiro atoms. The van der Waals surface area contributed by atoms with E-state index < -0.39 is 29.7 Å². The number of hydrogen-bond acceptors (Lipinski definition) is 6. The number of aryl methyl sites for hydroxylation is 1. The Kier molecular flexibility index (Phi) is 14.7. The number of alkyl carbamates (subject to hydrolysis) is 1. The summed E-state index contributed by atoms with van der Waals surface area (Å²) in [6, 6.07) is 12.0. The number of para-hydroxylation sites is 1. The Morgan fingerprint density at radius 2 is 1.69 bits per heavy atom. The Hall–Kier alpha value is -3.20. The smallest absolute Gasteiger partial charge is 0.408 e. The van der Waals surface area contributed by atoms with E-state index in [0.29, 0.717) is 36.4 Å². The molecule has 0 aliphatic heterocycles. The summed E-state index contributed by atoms with van der Waals surface area (Å²) in [5, 5.41) is 16.1. The van der Waals surface area contributed by atoms with Crippen LogP contribution in [0.15, 0.2) is 48.5 Å². The van der Waals surface area contributed by atoms with Gasteiger partial charge in [-0.3, -0.25) is 9.59 Å². The molecule has 42 heavy (non-hydrogen) atoms. The van der Waals surface area contributed by atoms with Gasteiger partial charge >= 0.3 is 6.09 Å². The fraction of sp³-hybridized carbons (Fsp3) is 0.545. The minimum Gasteiger partial charge on any atom is -0.508 e. The van der Waals surface area contributed by atoms with E-state index in [2.05, 4.69) is 17.6 Å². The van der Waals surface area contributed by atoms with Crippen molar-refractivity contribution < 1.29 is 24.2 Å². The fourth-order valence-electron chi connectivity index (χ4n) is 4.65. The summed E-state index contributed by atoms with van der Waals surface area (Å²) in [6.07, 6.45) is 7.68. The highest BCUT2D eigenvalue weighted by molar-refractivity contribution is 7.98. The van der Waals surface area contributed by atoms with Gasteiger partial charge in [-0.05, 0) is 81.9 Å². The number of phenolic OH excluding ortho intramolecular Hbond substituents is 1. The number of nitrogens with one attached hydrogen (secondary N) is 2. The van der Waals surface area contributed by atoms with Gasteiger partial charge in [0.05, 0.1) is 0 Å². The van der Waals surface area contributed by atoms with Crippen molar-refractivity contribution in [3.05, 3.63) is 59.7 Å². The van der Waals surface area contributed by atoms with E-state index in [1.807, 2.05) is 37.4 Å². The lowest BCUT2D eigenvalue weighted by atomic mass is 10.0. The average molecular weight is 600 g/mol. The van der Waals surface area contributed by atoms with E-state index in [1.165, 1.54) is 12.1 Å². The number of ether oxygens (including phenoxy) is 1. The van der Waals surface area contributed by atoms with Gasteiger partial charge in [0.25, 0.3) is 5.91 Å². The van der Waals surface area contributed by atoms with Gasteiger partial charge in [0.1, 0.15) is 23.4 Å². The highest BCUT2D eigenvalue weighted by Crippen LogP contribution is 2.28. The topological polar surface area (TPSA) is 108 Å². The first-order valence-electron chi connectivity index (χ1n) is 14.9. The zero-order valence-corrected chi connectivity index (χ0v) is 26.9. The third-order valence-corrected chi connectivity index (χ3v) is 7.43. The normalized spacial score (nSPS) is 12.7. The maximum Gasteiger partial charge on any atom is 0.408 e. The summed E-state index contributed by atoms with van der Waals surface area (Å²) >= 11 is 1.57. The first-order chi connectivity index (χ1) is 20.0. The molecule has 2 unspecified atom stereocenters. The molecule has 9 heteroatoms. The largest absolute Gasteiger partial charge is 0.508 e. The lowest BCUT2D eigenvalue weighted by Gasteiger charge is -2.34. The molecular formula is C33H49N3O5S. The molecule has 0 bridgehead atoms. The maximum atomic E-state index is 14.3. The number of hydrogen-bond donors (Lipinski definition) is 3. The molecule has 0 saturated heterocycles. The van der Waals surface area contributed by atoms with Crippen LogP contribution in [-0.2, 0) is 14.3 Å². The molecule has 2 rings (SSSR count). The maximum absolute atomic E-state index is 14.3. The molecule has 0 radical (unpaired) electrons. The van der Waals surface area contributed by atoms with E-state index >= 15 is 0 Å². The molecule has 0 aromatic heterocycles. The summed E-state index contributed by atoms with van der Waals surface area (Å²) in [5.41, 5.74) is 1.29. The Morgan fingerprint density at radius 3 is 2.33 bits per heavy atom. The quantitative estimate of drug-likeness (QED) is 0.176. The predicted molar refractivity (Wildman–Crippen MR) is 172 cm³/mol. The summed E-state index contributed by atoms with van der Waals surface area (Å²) < 4.78 is 5.47. The van der Waals surface area contributed by atoms with Gasteiger partial charge < -0.3 is 25.4 Å². The van der Waals surface area contributed by atoms with Crippen LogP contribution in [0.3, 0.4) is 0 Å². The lowest BCUT2D eigenvalue weighted by molar-refractivity contribution is -0.141. The molecule has 0 saturated carbocycles. The van der Waals surface area contributed by atoms with Gasteiger partial charge in [-0.2, -0.15) is 11.8 Å². The van der Waals surface area contributed by atoms with Crippen molar-refractivity contribution >= 4 is 35.4 Å². The highest BCUT2D eigenvalue weighted by Gasteiger charge is 2.36. The van der Waals surface area contributed by atoms with Crippen molar-refractivity contribution in [1.82, 2.24) is 10.2 Å². The van der Waals surface area contributed by atoms with Crippen LogP contribution in [0.5, 0.6) is 5.75 Å². The zero-order chi connectivity index (χ0) is 31.1. The highest BCUT2D eigenvalue weighted by atomic mass is 32.2. The third kappa shape index (κ3) is 12.0. The van der Waals surface area contributed by atoms with Crippen LogP contribution in [0.2, 0.25) is 0 Å². The first-order valence-corrected chi connectivity index (χ1v) is 16.3. The molecule has 0 fully saturated rings. The number of unbranched alkanes of at least 4 members (excludes halogenated alkanes) is 5. The SMILES string of the molecule is CCCCCCCCN(C(=O)C(CCSC)NC(=O)OC(C)(C)C)C(C(=O)Nc1ccccc1C)c1cccc(O)c1. The monoisotopic (exact) mass is 599 g/mol. The number of anilines is 1. The van der Waals surface area contributed by atoms with Gasteiger partial charge in [-0.1, -0.05) is 69.4 Å². The van der Waals surface area contributed by atoms with Gasteiger partial charge in [0.2, 0.25) is 5.91 Å². The lowest BCUT2D eigenvalue weighted by Crippen LogP contribution is -2.52. The summed E-state index contributed by atoms with van der Waals surface area (Å²) in [4.78, 5) is 42.7. The Balaban J connectivity index is 2.50. The van der Waals surface area contributed by atoms with E-state index in [4.69, 9.17) is 4.74 Å². The second-order valence-electron chi connectivity index (χ2n) is 11.6. The Bertz CT molecular complexity index is 1150. The number of benzene rings is 2.